The Bertz CT molecular complexity index is 930. The number of carbonyl (C=O) groups is 1. The number of rotatable bonds is 12. The highest BCUT2D eigenvalue weighted by Gasteiger charge is 2.09. The van der Waals surface area contributed by atoms with Crippen molar-refractivity contribution in [2.75, 3.05) is 26.8 Å². The van der Waals surface area contributed by atoms with Crippen molar-refractivity contribution in [1.82, 2.24) is 10.6 Å². The summed E-state index contributed by atoms with van der Waals surface area (Å²) in [6.45, 7) is 2.17. The minimum absolute atomic E-state index is 0.0418. The molecule has 3 aromatic rings. The lowest BCUT2D eigenvalue weighted by molar-refractivity contribution is -0.123. The number of nitrogens with one attached hydrogen (secondary N) is 2. The van der Waals surface area contributed by atoms with Crippen molar-refractivity contribution in [3.63, 3.8) is 0 Å². The molecule has 0 bridgehead atoms. The average Bonchev–Trinajstić information content (AvgIpc) is 2.82. The lowest BCUT2D eigenvalue weighted by Gasteiger charge is -2.13. The molecule has 162 valence electrons. The van der Waals surface area contributed by atoms with E-state index in [-0.39, 0.29) is 12.5 Å². The Labute approximate surface area is 184 Å². The molecule has 0 fully saturated rings. The molecule has 1 amide bonds. The monoisotopic (exact) mass is 418 g/mol. The molecular weight excluding hydrogens is 388 g/mol. The van der Waals surface area contributed by atoms with Gasteiger partial charge in [0.25, 0.3) is 5.91 Å². The van der Waals surface area contributed by atoms with E-state index < -0.39 is 0 Å². The van der Waals surface area contributed by atoms with Crippen molar-refractivity contribution < 1.29 is 14.3 Å². The van der Waals surface area contributed by atoms with Crippen LogP contribution in [0.5, 0.6) is 11.5 Å². The van der Waals surface area contributed by atoms with Crippen molar-refractivity contribution in [1.29, 1.82) is 0 Å². The molecule has 5 heteroatoms. The summed E-state index contributed by atoms with van der Waals surface area (Å²) in [4.78, 5) is 12.1. The van der Waals surface area contributed by atoms with Gasteiger partial charge in [0, 0.05) is 13.1 Å². The molecule has 0 heterocycles. The first-order valence-electron chi connectivity index (χ1n) is 10.6. The third kappa shape index (κ3) is 7.79. The quantitative estimate of drug-likeness (QED) is 0.440. The second kappa shape index (κ2) is 12.4. The van der Waals surface area contributed by atoms with E-state index in [2.05, 4.69) is 34.9 Å². The Hall–Kier alpha value is -3.31. The maximum Gasteiger partial charge on any atom is 0.257 e. The normalized spacial score (nSPS) is 10.5. The Kier molecular flexibility index (Phi) is 8.95. The Morgan fingerprint density at radius 2 is 1.42 bits per heavy atom. The third-order valence-corrected chi connectivity index (χ3v) is 4.93. The van der Waals surface area contributed by atoms with Gasteiger partial charge in [-0.05, 0) is 48.2 Å². The van der Waals surface area contributed by atoms with Crippen molar-refractivity contribution >= 4 is 5.91 Å². The van der Waals surface area contributed by atoms with E-state index in [9.17, 15) is 4.79 Å². The molecule has 0 spiro atoms. The first kappa shape index (κ1) is 22.4. The van der Waals surface area contributed by atoms with Crippen LogP contribution >= 0.6 is 0 Å². The van der Waals surface area contributed by atoms with Gasteiger partial charge >= 0.3 is 0 Å². The zero-order chi connectivity index (χ0) is 21.7. The summed E-state index contributed by atoms with van der Waals surface area (Å²) in [6.07, 6.45) is 1.78. The van der Waals surface area contributed by atoms with Gasteiger partial charge in [-0.3, -0.25) is 4.79 Å². The minimum atomic E-state index is -0.148. The smallest absolute Gasteiger partial charge is 0.257 e. The lowest BCUT2D eigenvalue weighted by atomic mass is 10.1. The molecule has 0 unspecified atom stereocenters. The fourth-order valence-corrected chi connectivity index (χ4v) is 3.24. The summed E-state index contributed by atoms with van der Waals surface area (Å²) < 4.78 is 11.1. The largest absolute Gasteiger partial charge is 0.493 e. The fourth-order valence-electron chi connectivity index (χ4n) is 3.24. The van der Waals surface area contributed by atoms with Gasteiger partial charge in [0.1, 0.15) is 0 Å². The van der Waals surface area contributed by atoms with E-state index in [1.807, 2.05) is 54.6 Å². The molecular formula is C26H30N2O3. The molecule has 3 aromatic carbocycles. The summed E-state index contributed by atoms with van der Waals surface area (Å²) in [7, 11) is 1.61. The minimum Gasteiger partial charge on any atom is -0.493 e. The van der Waals surface area contributed by atoms with Crippen molar-refractivity contribution in [2.45, 2.75) is 19.4 Å². The lowest BCUT2D eigenvalue weighted by Crippen LogP contribution is -2.30. The number of hydrogen-bond acceptors (Lipinski definition) is 4. The van der Waals surface area contributed by atoms with Gasteiger partial charge in [-0.25, -0.2) is 0 Å². The zero-order valence-corrected chi connectivity index (χ0v) is 18.0. The summed E-state index contributed by atoms with van der Waals surface area (Å²) >= 11 is 0. The van der Waals surface area contributed by atoms with Crippen molar-refractivity contribution in [3.8, 4) is 11.5 Å². The van der Waals surface area contributed by atoms with E-state index >= 15 is 0 Å². The van der Waals surface area contributed by atoms with Crippen LogP contribution in [0.25, 0.3) is 0 Å². The zero-order valence-electron chi connectivity index (χ0n) is 18.0. The van der Waals surface area contributed by atoms with Crippen LogP contribution in [0.15, 0.2) is 78.9 Å². The Morgan fingerprint density at radius 1 is 0.774 bits per heavy atom. The molecule has 31 heavy (non-hydrogen) atoms. The van der Waals surface area contributed by atoms with Crippen molar-refractivity contribution in [3.05, 3.63) is 95.6 Å². The molecule has 0 atom stereocenters. The number of methoxy groups -OCH3 is 1. The summed E-state index contributed by atoms with van der Waals surface area (Å²) in [5, 5.41) is 6.33. The van der Waals surface area contributed by atoms with Crippen LogP contribution in [0.1, 0.15) is 16.7 Å². The predicted octanol–water partition coefficient (Wildman–Crippen LogP) is 3.77. The van der Waals surface area contributed by atoms with E-state index in [0.717, 1.165) is 31.5 Å². The summed E-state index contributed by atoms with van der Waals surface area (Å²) in [5.74, 6) is 1.04. The molecule has 0 aliphatic rings. The maximum absolute atomic E-state index is 12.1. The van der Waals surface area contributed by atoms with Crippen LogP contribution in [0.2, 0.25) is 0 Å². The highest BCUT2D eigenvalue weighted by Crippen LogP contribution is 2.28. The SMILES string of the molecule is COc1cc(CNCCc2ccccc2)ccc1OCC(=O)NCCc1ccccc1. The van der Waals surface area contributed by atoms with E-state index in [1.54, 1.807) is 7.11 Å². The van der Waals surface area contributed by atoms with E-state index in [4.69, 9.17) is 9.47 Å². The van der Waals surface area contributed by atoms with Crippen molar-refractivity contribution in [2.24, 2.45) is 0 Å². The Morgan fingerprint density at radius 3 is 2.06 bits per heavy atom. The van der Waals surface area contributed by atoms with Gasteiger partial charge in [-0.2, -0.15) is 0 Å². The first-order chi connectivity index (χ1) is 15.2. The van der Waals surface area contributed by atoms with Gasteiger partial charge in [0.05, 0.1) is 7.11 Å². The second-order valence-electron chi connectivity index (χ2n) is 7.27. The molecule has 5 nitrogen and oxygen atoms in total. The number of carbonyl (C=O) groups excluding carboxylic acids is 1. The number of benzene rings is 3. The van der Waals surface area contributed by atoms with Crippen LogP contribution in [0, 0.1) is 0 Å². The van der Waals surface area contributed by atoms with Crippen LogP contribution in [-0.4, -0.2) is 32.7 Å². The molecule has 2 N–H and O–H groups in total. The molecule has 0 saturated heterocycles. The topological polar surface area (TPSA) is 59.6 Å². The average molecular weight is 419 g/mol. The van der Waals surface area contributed by atoms with Crippen LogP contribution < -0.4 is 20.1 Å². The highest BCUT2D eigenvalue weighted by atomic mass is 16.5. The molecule has 0 aliphatic carbocycles. The van der Waals surface area contributed by atoms with Crippen LogP contribution in [0.3, 0.4) is 0 Å². The van der Waals surface area contributed by atoms with Gasteiger partial charge in [-0.1, -0.05) is 66.7 Å². The first-order valence-corrected chi connectivity index (χ1v) is 10.6. The van der Waals surface area contributed by atoms with Gasteiger partial charge < -0.3 is 20.1 Å². The maximum atomic E-state index is 12.1. The molecule has 0 radical (unpaired) electrons. The van der Waals surface area contributed by atoms with Crippen LogP contribution in [0.4, 0.5) is 0 Å². The highest BCUT2D eigenvalue weighted by molar-refractivity contribution is 5.77. The number of amides is 1. The standard InChI is InChI=1S/C26H30N2O3/c1-30-25-18-23(19-27-16-14-21-8-4-2-5-9-21)12-13-24(25)31-20-26(29)28-17-15-22-10-6-3-7-11-22/h2-13,18,27H,14-17,19-20H2,1H3,(H,28,29). The van der Waals surface area contributed by atoms with E-state index in [0.29, 0.717) is 18.0 Å². The van der Waals surface area contributed by atoms with Gasteiger partial charge in [0.2, 0.25) is 0 Å². The van der Waals surface area contributed by atoms with Gasteiger partial charge in [0.15, 0.2) is 18.1 Å². The summed E-state index contributed by atoms with van der Waals surface area (Å²) in [6, 6.07) is 26.3. The summed E-state index contributed by atoms with van der Waals surface area (Å²) in [5.41, 5.74) is 3.61. The predicted molar refractivity (Wildman–Crippen MR) is 123 cm³/mol. The number of ether oxygens (including phenoxy) is 2. The number of hydrogen-bond donors (Lipinski definition) is 2. The van der Waals surface area contributed by atoms with Crippen LogP contribution in [-0.2, 0) is 24.2 Å². The Balaban J connectivity index is 1.40. The fraction of sp³-hybridized carbons (Fsp3) is 0.269. The molecule has 0 saturated carbocycles. The third-order valence-electron chi connectivity index (χ3n) is 4.93. The molecule has 3 rings (SSSR count). The molecule has 0 aliphatic heterocycles. The molecule has 0 aromatic heterocycles. The van der Waals surface area contributed by atoms with E-state index in [1.165, 1.54) is 11.1 Å². The second-order valence-corrected chi connectivity index (χ2v) is 7.27. The van der Waals surface area contributed by atoms with Gasteiger partial charge in [-0.15, -0.1) is 0 Å².